The number of hydrogen-bond donors (Lipinski definition) is 1. The van der Waals surface area contributed by atoms with E-state index in [1.54, 1.807) is 0 Å². The summed E-state index contributed by atoms with van der Waals surface area (Å²) in [5, 5.41) is 3.86. The molecular weight excluding hydrogens is 246 g/mol. The van der Waals surface area contributed by atoms with Crippen molar-refractivity contribution in [2.75, 3.05) is 33.2 Å². The molecule has 0 aromatic heterocycles. The first-order valence-electron chi connectivity index (χ1n) is 8.90. The lowest BCUT2D eigenvalue weighted by molar-refractivity contribution is 0.0481. The van der Waals surface area contributed by atoms with Gasteiger partial charge in [-0.3, -0.25) is 4.90 Å². The molecule has 1 saturated heterocycles. The minimum Gasteiger partial charge on any atom is -0.312 e. The van der Waals surface area contributed by atoms with Gasteiger partial charge in [0.2, 0.25) is 0 Å². The summed E-state index contributed by atoms with van der Waals surface area (Å²) in [6.07, 6.45) is 9.76. The molecule has 20 heavy (non-hydrogen) atoms. The van der Waals surface area contributed by atoms with Crippen LogP contribution < -0.4 is 5.32 Å². The van der Waals surface area contributed by atoms with Crippen molar-refractivity contribution < 1.29 is 0 Å². The van der Waals surface area contributed by atoms with Crippen LogP contribution in [0.4, 0.5) is 0 Å². The van der Waals surface area contributed by atoms with Crippen LogP contribution >= 0.6 is 0 Å². The number of piperazine rings is 1. The zero-order chi connectivity index (χ0) is 14.4. The highest BCUT2D eigenvalue weighted by Gasteiger charge is 2.31. The molecule has 0 radical (unpaired) electrons. The minimum absolute atomic E-state index is 0.709. The first-order chi connectivity index (χ1) is 9.72. The van der Waals surface area contributed by atoms with Gasteiger partial charge in [0, 0.05) is 37.8 Å². The second-order valence-electron chi connectivity index (χ2n) is 6.94. The van der Waals surface area contributed by atoms with Gasteiger partial charge in [-0.1, -0.05) is 32.6 Å². The van der Waals surface area contributed by atoms with E-state index in [0.717, 1.165) is 12.1 Å². The molecule has 1 aliphatic heterocycles. The molecule has 2 aliphatic rings. The van der Waals surface area contributed by atoms with Crippen molar-refractivity contribution in [3.8, 4) is 0 Å². The molecule has 3 heteroatoms. The summed E-state index contributed by atoms with van der Waals surface area (Å²) >= 11 is 0. The van der Waals surface area contributed by atoms with E-state index in [2.05, 4.69) is 36.0 Å². The molecule has 0 bridgehead atoms. The fourth-order valence-electron chi connectivity index (χ4n) is 3.85. The third-order valence-corrected chi connectivity index (χ3v) is 5.35. The van der Waals surface area contributed by atoms with Crippen LogP contribution in [-0.2, 0) is 0 Å². The van der Waals surface area contributed by atoms with Gasteiger partial charge in [0.25, 0.3) is 0 Å². The molecule has 118 valence electrons. The maximum absolute atomic E-state index is 3.86. The van der Waals surface area contributed by atoms with Gasteiger partial charge in [0.05, 0.1) is 0 Å². The second-order valence-corrected chi connectivity index (χ2v) is 6.94. The van der Waals surface area contributed by atoms with Gasteiger partial charge >= 0.3 is 0 Å². The van der Waals surface area contributed by atoms with Crippen molar-refractivity contribution in [1.29, 1.82) is 0 Å². The fraction of sp³-hybridized carbons (Fsp3) is 1.00. The zero-order valence-electron chi connectivity index (χ0n) is 13.9. The summed E-state index contributed by atoms with van der Waals surface area (Å²) in [4.78, 5) is 5.30. The Balaban J connectivity index is 1.98. The van der Waals surface area contributed by atoms with Gasteiger partial charge in [-0.25, -0.2) is 0 Å². The Labute approximate surface area is 126 Å². The Bertz CT molecular complexity index is 262. The number of nitrogens with zero attached hydrogens (tertiary/aromatic N) is 2. The van der Waals surface area contributed by atoms with E-state index >= 15 is 0 Å². The maximum Gasteiger partial charge on any atom is 0.0250 e. The third-order valence-electron chi connectivity index (χ3n) is 5.35. The summed E-state index contributed by atoms with van der Waals surface area (Å²) in [6.45, 7) is 9.59. The normalized spacial score (nSPS) is 34.6. The average molecular weight is 281 g/mol. The number of rotatable bonds is 4. The summed E-state index contributed by atoms with van der Waals surface area (Å²) in [5.74, 6) is 0. The topological polar surface area (TPSA) is 18.5 Å². The van der Waals surface area contributed by atoms with Crippen LogP contribution in [0.3, 0.4) is 0 Å². The summed E-state index contributed by atoms with van der Waals surface area (Å²) in [7, 11) is 2.27. The highest BCUT2D eigenvalue weighted by molar-refractivity contribution is 4.90. The molecule has 2 fully saturated rings. The van der Waals surface area contributed by atoms with Crippen LogP contribution in [0.25, 0.3) is 0 Å². The van der Waals surface area contributed by atoms with Crippen molar-refractivity contribution >= 4 is 0 Å². The van der Waals surface area contributed by atoms with Crippen LogP contribution in [0.15, 0.2) is 0 Å². The molecule has 2 rings (SSSR count). The summed E-state index contributed by atoms with van der Waals surface area (Å²) in [6, 6.07) is 2.21. The van der Waals surface area contributed by atoms with Crippen molar-refractivity contribution in [3.63, 3.8) is 0 Å². The van der Waals surface area contributed by atoms with Gasteiger partial charge in [0.1, 0.15) is 0 Å². The predicted molar refractivity (Wildman–Crippen MR) is 87.2 cm³/mol. The van der Waals surface area contributed by atoms with Crippen LogP contribution in [0.5, 0.6) is 0 Å². The Morgan fingerprint density at radius 3 is 2.50 bits per heavy atom. The third kappa shape index (κ3) is 4.44. The number of likely N-dealkylation sites (N-methyl/N-ethyl adjacent to an activating group) is 1. The van der Waals surface area contributed by atoms with E-state index in [0.29, 0.717) is 6.04 Å². The molecule has 0 aromatic rings. The van der Waals surface area contributed by atoms with Crippen molar-refractivity contribution in [2.45, 2.75) is 76.9 Å². The molecule has 0 spiro atoms. The van der Waals surface area contributed by atoms with Crippen molar-refractivity contribution in [2.24, 2.45) is 0 Å². The Morgan fingerprint density at radius 1 is 1.05 bits per heavy atom. The Hall–Kier alpha value is -0.120. The molecule has 3 nitrogen and oxygen atoms in total. The number of hydrogen-bond acceptors (Lipinski definition) is 3. The van der Waals surface area contributed by atoms with Gasteiger partial charge in [-0.05, 0) is 39.8 Å². The van der Waals surface area contributed by atoms with Gasteiger partial charge in [-0.2, -0.15) is 0 Å². The van der Waals surface area contributed by atoms with Crippen LogP contribution in [-0.4, -0.2) is 61.2 Å². The van der Waals surface area contributed by atoms with E-state index in [4.69, 9.17) is 0 Å². The van der Waals surface area contributed by atoms with E-state index in [-0.39, 0.29) is 0 Å². The lowest BCUT2D eigenvalue weighted by atomic mass is 9.90. The first-order valence-corrected chi connectivity index (χ1v) is 8.90. The van der Waals surface area contributed by atoms with Gasteiger partial charge in [-0.15, -0.1) is 0 Å². The van der Waals surface area contributed by atoms with Gasteiger partial charge in [0.15, 0.2) is 0 Å². The van der Waals surface area contributed by atoms with E-state index < -0.39 is 0 Å². The first kappa shape index (κ1) is 16.3. The molecule has 1 aliphatic carbocycles. The smallest absolute Gasteiger partial charge is 0.0250 e. The molecule has 1 heterocycles. The molecule has 0 aromatic carbocycles. The van der Waals surface area contributed by atoms with E-state index in [9.17, 15) is 0 Å². The molecule has 1 saturated carbocycles. The Kier molecular flexibility index (Phi) is 6.79. The van der Waals surface area contributed by atoms with E-state index in [1.807, 2.05) is 0 Å². The summed E-state index contributed by atoms with van der Waals surface area (Å²) in [5.41, 5.74) is 0. The van der Waals surface area contributed by atoms with E-state index in [1.165, 1.54) is 71.1 Å². The molecule has 3 unspecified atom stereocenters. The van der Waals surface area contributed by atoms with Crippen LogP contribution in [0.1, 0.15) is 58.8 Å². The lowest BCUT2D eigenvalue weighted by Gasteiger charge is -2.45. The van der Waals surface area contributed by atoms with Crippen molar-refractivity contribution in [1.82, 2.24) is 15.1 Å². The summed E-state index contributed by atoms with van der Waals surface area (Å²) < 4.78 is 0. The SMILES string of the molecule is CCCNC1CCCCCCC1N1CCN(C)C(C)C1. The van der Waals surface area contributed by atoms with Gasteiger partial charge < -0.3 is 10.2 Å². The lowest BCUT2D eigenvalue weighted by Crippen LogP contribution is -2.58. The molecular formula is C17H35N3. The molecule has 1 N–H and O–H groups in total. The molecule has 3 atom stereocenters. The fourth-order valence-corrected chi connectivity index (χ4v) is 3.85. The van der Waals surface area contributed by atoms with Crippen molar-refractivity contribution in [3.05, 3.63) is 0 Å². The second kappa shape index (κ2) is 8.35. The average Bonchev–Trinajstić information content (AvgIpc) is 2.41. The largest absolute Gasteiger partial charge is 0.312 e. The highest BCUT2D eigenvalue weighted by atomic mass is 15.3. The Morgan fingerprint density at radius 2 is 1.80 bits per heavy atom. The standard InChI is InChI=1S/C17H35N3/c1-4-11-18-16-9-7-5-6-8-10-17(16)20-13-12-19(3)15(2)14-20/h15-18H,4-14H2,1-3H3. The zero-order valence-corrected chi connectivity index (χ0v) is 13.9. The van der Waals surface area contributed by atoms with Crippen LogP contribution in [0.2, 0.25) is 0 Å². The number of nitrogens with one attached hydrogen (secondary N) is 1. The highest BCUT2D eigenvalue weighted by Crippen LogP contribution is 2.24. The molecule has 0 amide bonds. The van der Waals surface area contributed by atoms with Crippen LogP contribution in [0, 0.1) is 0 Å². The predicted octanol–water partition coefficient (Wildman–Crippen LogP) is 2.71. The maximum atomic E-state index is 3.86. The minimum atomic E-state index is 0.709. The quantitative estimate of drug-likeness (QED) is 0.855. The monoisotopic (exact) mass is 281 g/mol.